The SMILES string of the molecule is N#Cc1ccccc1-c1ncc(Sc2ccccc2)c(-c2cccc3c2sc2cccc(-c4nc(-c5ccccc5)nc(-c5ccccc5)n4)c23)n1. The van der Waals surface area contributed by atoms with Gasteiger partial charge in [0.05, 0.1) is 22.2 Å². The fourth-order valence-corrected chi connectivity index (χ4v) is 8.46. The van der Waals surface area contributed by atoms with Crippen LogP contribution in [0.4, 0.5) is 0 Å². The topological polar surface area (TPSA) is 88.2 Å². The number of aromatic nitrogens is 5. The molecule has 0 fully saturated rings. The Morgan fingerprint density at radius 2 is 1.12 bits per heavy atom. The van der Waals surface area contributed by atoms with Crippen molar-refractivity contribution < 1.29 is 0 Å². The average molecular weight is 703 g/mol. The van der Waals surface area contributed by atoms with Crippen molar-refractivity contribution in [3.8, 4) is 62.9 Å². The molecule has 0 radical (unpaired) electrons. The van der Waals surface area contributed by atoms with Crippen LogP contribution >= 0.6 is 23.1 Å². The predicted octanol–water partition coefficient (Wildman–Crippen LogP) is 11.4. The van der Waals surface area contributed by atoms with Crippen molar-refractivity contribution in [2.75, 3.05) is 0 Å². The highest BCUT2D eigenvalue weighted by Gasteiger charge is 2.21. The second-order valence-electron chi connectivity index (χ2n) is 12.0. The summed E-state index contributed by atoms with van der Waals surface area (Å²) in [6.07, 6.45) is 1.88. The Kier molecular flexibility index (Phi) is 8.25. The molecule has 0 aliphatic heterocycles. The number of fused-ring (bicyclic) bond motifs is 3. The van der Waals surface area contributed by atoms with Crippen LogP contribution in [-0.2, 0) is 0 Å². The summed E-state index contributed by atoms with van der Waals surface area (Å²) in [6.45, 7) is 0. The van der Waals surface area contributed by atoms with Crippen LogP contribution in [0.15, 0.2) is 168 Å². The van der Waals surface area contributed by atoms with Crippen LogP contribution in [0.5, 0.6) is 0 Å². The third-order valence-corrected chi connectivity index (χ3v) is 11.0. The first-order chi connectivity index (χ1) is 25.7. The quantitative estimate of drug-likeness (QED) is 0.163. The molecule has 9 aromatic rings. The molecule has 9 rings (SSSR count). The molecule has 0 N–H and O–H groups in total. The van der Waals surface area contributed by atoms with Crippen LogP contribution in [0.3, 0.4) is 0 Å². The Hall–Kier alpha value is -6.53. The summed E-state index contributed by atoms with van der Waals surface area (Å²) in [5, 5.41) is 12.1. The second-order valence-corrected chi connectivity index (χ2v) is 14.1. The standard InChI is InChI=1S/C44H26N6S2/c45-26-30-18-10-11-21-32(30)43-46-27-37(51-31-19-8-3-9-20-31)39(47-43)35-24-12-22-33-38-34(23-13-25-36(38)52-40(33)35)44-49-41(28-14-4-1-5-15-28)48-42(50-44)29-16-6-2-7-17-29/h1-25,27H. The summed E-state index contributed by atoms with van der Waals surface area (Å²) < 4.78 is 2.21. The van der Waals surface area contributed by atoms with Gasteiger partial charge in [-0.3, -0.25) is 0 Å². The van der Waals surface area contributed by atoms with Gasteiger partial charge in [0.25, 0.3) is 0 Å². The van der Waals surface area contributed by atoms with Crippen LogP contribution in [0.1, 0.15) is 5.56 Å². The molecule has 3 heterocycles. The molecular weight excluding hydrogens is 677 g/mol. The van der Waals surface area contributed by atoms with E-state index < -0.39 is 0 Å². The van der Waals surface area contributed by atoms with Crippen LogP contribution in [0.2, 0.25) is 0 Å². The first-order valence-electron chi connectivity index (χ1n) is 16.6. The zero-order chi connectivity index (χ0) is 34.9. The summed E-state index contributed by atoms with van der Waals surface area (Å²) in [6, 6.07) is 52.8. The van der Waals surface area contributed by atoms with Gasteiger partial charge in [-0.1, -0.05) is 133 Å². The monoisotopic (exact) mass is 702 g/mol. The Labute approximate surface area is 308 Å². The van der Waals surface area contributed by atoms with Gasteiger partial charge in [-0.15, -0.1) is 11.3 Å². The van der Waals surface area contributed by atoms with E-state index in [2.05, 4.69) is 54.6 Å². The van der Waals surface area contributed by atoms with E-state index in [1.54, 1.807) is 29.2 Å². The number of thiophene rings is 1. The minimum Gasteiger partial charge on any atom is -0.235 e. The highest BCUT2D eigenvalue weighted by atomic mass is 32.2. The normalized spacial score (nSPS) is 11.1. The van der Waals surface area contributed by atoms with Crippen LogP contribution in [0.25, 0.3) is 77.0 Å². The molecule has 52 heavy (non-hydrogen) atoms. The predicted molar refractivity (Wildman–Crippen MR) is 211 cm³/mol. The third-order valence-electron chi connectivity index (χ3n) is 8.73. The molecule has 8 heteroatoms. The van der Waals surface area contributed by atoms with Crippen molar-refractivity contribution >= 4 is 43.3 Å². The summed E-state index contributed by atoms with van der Waals surface area (Å²) >= 11 is 3.35. The van der Waals surface area contributed by atoms with Gasteiger partial charge in [0.1, 0.15) is 0 Å². The number of hydrogen-bond acceptors (Lipinski definition) is 8. The van der Waals surface area contributed by atoms with Gasteiger partial charge < -0.3 is 0 Å². The van der Waals surface area contributed by atoms with E-state index in [0.29, 0.717) is 34.4 Å². The lowest BCUT2D eigenvalue weighted by Crippen LogP contribution is -2.00. The van der Waals surface area contributed by atoms with E-state index in [-0.39, 0.29) is 0 Å². The molecule has 0 amide bonds. The van der Waals surface area contributed by atoms with Gasteiger partial charge >= 0.3 is 0 Å². The summed E-state index contributed by atoms with van der Waals surface area (Å²) in [7, 11) is 0. The number of rotatable bonds is 7. The number of nitriles is 1. The summed E-state index contributed by atoms with van der Waals surface area (Å²) in [5.74, 6) is 2.36. The fraction of sp³-hybridized carbons (Fsp3) is 0. The number of benzene rings is 6. The largest absolute Gasteiger partial charge is 0.235 e. The van der Waals surface area contributed by atoms with E-state index in [4.69, 9.17) is 24.9 Å². The van der Waals surface area contributed by atoms with Crippen molar-refractivity contribution in [1.82, 2.24) is 24.9 Å². The lowest BCUT2D eigenvalue weighted by molar-refractivity contribution is 1.08. The first kappa shape index (κ1) is 31.5. The molecule has 3 aromatic heterocycles. The van der Waals surface area contributed by atoms with Crippen molar-refractivity contribution in [3.05, 3.63) is 163 Å². The molecular formula is C44H26N6S2. The fourth-order valence-electron chi connectivity index (χ4n) is 6.31. The highest BCUT2D eigenvalue weighted by molar-refractivity contribution is 7.99. The molecule has 0 saturated carbocycles. The van der Waals surface area contributed by atoms with E-state index in [1.165, 1.54) is 0 Å². The minimum absolute atomic E-state index is 0.510. The Bertz CT molecular complexity index is 2720. The van der Waals surface area contributed by atoms with Crippen molar-refractivity contribution in [1.29, 1.82) is 5.26 Å². The molecule has 0 atom stereocenters. The van der Waals surface area contributed by atoms with Crippen molar-refractivity contribution in [2.45, 2.75) is 9.79 Å². The number of hydrogen-bond donors (Lipinski definition) is 0. The van der Waals surface area contributed by atoms with Crippen LogP contribution in [0, 0.1) is 11.3 Å². The first-order valence-corrected chi connectivity index (χ1v) is 18.3. The molecule has 0 aliphatic carbocycles. The lowest BCUT2D eigenvalue weighted by atomic mass is 10.0. The Morgan fingerprint density at radius 1 is 0.519 bits per heavy atom. The van der Waals surface area contributed by atoms with Gasteiger partial charge in [0, 0.05) is 59.1 Å². The molecule has 0 spiro atoms. The molecule has 244 valence electrons. The summed E-state index contributed by atoms with van der Waals surface area (Å²) in [5.41, 5.74) is 5.82. The zero-order valence-corrected chi connectivity index (χ0v) is 29.1. The second kappa shape index (κ2) is 13.6. The van der Waals surface area contributed by atoms with Gasteiger partial charge in [-0.2, -0.15) is 5.26 Å². The maximum Gasteiger partial charge on any atom is 0.164 e. The van der Waals surface area contributed by atoms with Crippen molar-refractivity contribution in [3.63, 3.8) is 0 Å². The van der Waals surface area contributed by atoms with E-state index in [9.17, 15) is 5.26 Å². The van der Waals surface area contributed by atoms with Crippen LogP contribution < -0.4 is 0 Å². The van der Waals surface area contributed by atoms with Gasteiger partial charge in [0.2, 0.25) is 0 Å². The van der Waals surface area contributed by atoms with Gasteiger partial charge in [-0.25, -0.2) is 24.9 Å². The van der Waals surface area contributed by atoms with E-state index in [1.807, 2.05) is 103 Å². The molecule has 0 bridgehead atoms. The Balaban J connectivity index is 1.26. The zero-order valence-electron chi connectivity index (χ0n) is 27.5. The molecule has 0 saturated heterocycles. The van der Waals surface area contributed by atoms with Gasteiger partial charge in [0.15, 0.2) is 23.3 Å². The Morgan fingerprint density at radius 3 is 1.83 bits per heavy atom. The maximum absolute atomic E-state index is 9.90. The maximum atomic E-state index is 9.90. The van der Waals surface area contributed by atoms with E-state index in [0.717, 1.165) is 57.9 Å². The highest BCUT2D eigenvalue weighted by Crippen LogP contribution is 2.45. The van der Waals surface area contributed by atoms with Gasteiger partial charge in [-0.05, 0) is 30.3 Å². The minimum atomic E-state index is 0.510. The summed E-state index contributed by atoms with van der Waals surface area (Å²) in [4.78, 5) is 27.0. The smallest absolute Gasteiger partial charge is 0.164 e. The third kappa shape index (κ3) is 5.88. The molecule has 0 unspecified atom stereocenters. The number of nitrogens with zero attached hydrogens (tertiary/aromatic N) is 6. The molecule has 6 nitrogen and oxygen atoms in total. The average Bonchev–Trinajstić information content (AvgIpc) is 3.61. The van der Waals surface area contributed by atoms with Crippen molar-refractivity contribution in [2.24, 2.45) is 0 Å². The van der Waals surface area contributed by atoms with Crippen LogP contribution in [-0.4, -0.2) is 24.9 Å². The molecule has 6 aromatic carbocycles. The lowest BCUT2D eigenvalue weighted by Gasteiger charge is -2.12. The van der Waals surface area contributed by atoms with E-state index >= 15 is 0 Å². The molecule has 0 aliphatic rings.